The molecule has 0 fully saturated rings. The number of nitrogens with zero attached hydrogens (tertiary/aromatic N) is 2. The molecule has 0 aliphatic heterocycles. The fraction of sp³-hybridized carbons (Fsp3) is 0.952. The summed E-state index contributed by atoms with van der Waals surface area (Å²) < 4.78 is 11.8. The van der Waals surface area contributed by atoms with Gasteiger partial charge in [-0.15, -0.1) is 0 Å². The van der Waals surface area contributed by atoms with Crippen LogP contribution in [0.25, 0.3) is 0 Å². The molecule has 2 atom stereocenters. The smallest absolute Gasteiger partial charge is 0.305 e. The van der Waals surface area contributed by atoms with Crippen LogP contribution >= 0.6 is 0 Å². The maximum atomic E-state index is 13.9. The van der Waals surface area contributed by atoms with Gasteiger partial charge in [-0.2, -0.15) is 0 Å². The first-order valence-electron chi connectivity index (χ1n) is 31.5. The summed E-state index contributed by atoms with van der Waals surface area (Å²) >= 11 is 0. The third-order valence-electron chi connectivity index (χ3n) is 15.2. The van der Waals surface area contributed by atoms with Crippen molar-refractivity contribution in [3.05, 3.63) is 0 Å². The van der Waals surface area contributed by atoms with Crippen LogP contribution in [-0.4, -0.2) is 74.1 Å². The van der Waals surface area contributed by atoms with Gasteiger partial charge in [-0.1, -0.05) is 247 Å². The molecule has 0 rings (SSSR count). The van der Waals surface area contributed by atoms with E-state index in [9.17, 15) is 14.4 Å². The van der Waals surface area contributed by atoms with Gasteiger partial charge in [0.15, 0.2) is 0 Å². The van der Waals surface area contributed by atoms with Crippen LogP contribution < -0.4 is 0 Å². The van der Waals surface area contributed by atoms with Gasteiger partial charge < -0.3 is 19.3 Å². The van der Waals surface area contributed by atoms with E-state index in [1.807, 2.05) is 0 Å². The molecule has 0 aliphatic rings. The summed E-state index contributed by atoms with van der Waals surface area (Å²) in [6.45, 7) is 14.4. The average Bonchev–Trinajstić information content (AvgIpc) is 3.35. The number of carbonyl (C=O) groups is 3. The third-order valence-corrected chi connectivity index (χ3v) is 15.2. The molecule has 0 spiro atoms. The van der Waals surface area contributed by atoms with Crippen LogP contribution in [0.15, 0.2) is 0 Å². The van der Waals surface area contributed by atoms with Gasteiger partial charge in [0.25, 0.3) is 0 Å². The van der Waals surface area contributed by atoms with Crippen LogP contribution in [0, 0.1) is 11.8 Å². The normalized spacial score (nSPS) is 12.9. The maximum absolute atomic E-state index is 13.9. The molecule has 0 N–H and O–H groups in total. The summed E-state index contributed by atoms with van der Waals surface area (Å²) in [5.41, 5.74) is 0. The van der Waals surface area contributed by atoms with E-state index in [1.165, 1.54) is 193 Å². The number of unbranched alkanes of at least 4 members (excludes halogenated alkanes) is 29. The second-order valence-corrected chi connectivity index (χ2v) is 22.4. The Morgan fingerprint density at radius 2 is 0.614 bits per heavy atom. The van der Waals surface area contributed by atoms with Crippen molar-refractivity contribution in [1.82, 2.24) is 9.80 Å². The molecule has 0 aliphatic carbocycles. The minimum atomic E-state index is 0.00344. The summed E-state index contributed by atoms with van der Waals surface area (Å²) in [5.74, 6) is 1.43. The van der Waals surface area contributed by atoms with Gasteiger partial charge in [-0.05, 0) is 96.7 Å². The van der Waals surface area contributed by atoms with E-state index in [4.69, 9.17) is 9.47 Å². The number of esters is 2. The van der Waals surface area contributed by atoms with Crippen molar-refractivity contribution in [2.75, 3.05) is 40.4 Å². The molecule has 1 amide bonds. The fourth-order valence-electron chi connectivity index (χ4n) is 10.4. The first-order valence-corrected chi connectivity index (χ1v) is 31.5. The minimum Gasteiger partial charge on any atom is -0.465 e. The van der Waals surface area contributed by atoms with Crippen LogP contribution in [-0.2, 0) is 23.9 Å². The number of carbonyl (C=O) groups excluding carboxylic acids is 3. The van der Waals surface area contributed by atoms with E-state index < -0.39 is 0 Å². The Bertz CT molecular complexity index is 1050. The van der Waals surface area contributed by atoms with Gasteiger partial charge in [0, 0.05) is 31.8 Å². The number of hydrogen-bond acceptors (Lipinski definition) is 6. The quantitative estimate of drug-likeness (QED) is 0.0446. The van der Waals surface area contributed by atoms with Crippen molar-refractivity contribution in [2.45, 2.75) is 336 Å². The molecule has 416 valence electrons. The molecule has 7 nitrogen and oxygen atoms in total. The first-order chi connectivity index (χ1) is 34.2. The highest BCUT2D eigenvalue weighted by Crippen LogP contribution is 2.24. The van der Waals surface area contributed by atoms with Crippen molar-refractivity contribution in [3.8, 4) is 0 Å². The standard InChI is InChI=1S/C63H124N2O5/c1-8-13-18-23-29-37-47-58(45-35-20-15-10-3)56-69-62(67)52-42-33-27-25-31-39-49-60(65(55-44-54-64(6)7)61(66)51-41-22-17-12-5)50-40-32-26-28-34-43-53-63(68)70-57-59(46-36-21-16-11-4)48-38-30-24-19-14-9-2/h58-60H,8-57H2,1-7H3. The number of rotatable bonds is 56. The van der Waals surface area contributed by atoms with E-state index in [0.29, 0.717) is 56.3 Å². The minimum absolute atomic E-state index is 0.00344. The zero-order chi connectivity index (χ0) is 51.4. The SMILES string of the molecule is CCCCCCCCC(CCCCCC)COC(=O)CCCCCCCCC(CCCCCCCCC(=O)OCC(CCCCCC)CCCCCCCC)N(CCCN(C)C)C(=O)CCCCCC. The molecule has 70 heavy (non-hydrogen) atoms. The fourth-order valence-corrected chi connectivity index (χ4v) is 10.4. The summed E-state index contributed by atoms with van der Waals surface area (Å²) in [5, 5.41) is 0. The molecule has 0 radical (unpaired) electrons. The average molecular weight is 990 g/mol. The number of hydrogen-bond donors (Lipinski definition) is 0. The lowest BCUT2D eigenvalue weighted by Crippen LogP contribution is -2.41. The maximum Gasteiger partial charge on any atom is 0.305 e. The summed E-state index contributed by atoms with van der Waals surface area (Å²) in [6, 6.07) is 0.318. The Labute approximate surface area is 438 Å². The molecule has 7 heteroatoms. The Hall–Kier alpha value is -1.63. The van der Waals surface area contributed by atoms with Gasteiger partial charge in [0.2, 0.25) is 5.91 Å². The topological polar surface area (TPSA) is 76.2 Å². The molecule has 0 saturated heterocycles. The van der Waals surface area contributed by atoms with Gasteiger partial charge >= 0.3 is 11.9 Å². The zero-order valence-electron chi connectivity index (χ0n) is 48.5. The monoisotopic (exact) mass is 989 g/mol. The van der Waals surface area contributed by atoms with Gasteiger partial charge in [-0.3, -0.25) is 14.4 Å². The second-order valence-electron chi connectivity index (χ2n) is 22.4. The lowest BCUT2D eigenvalue weighted by Gasteiger charge is -2.33. The second kappa shape index (κ2) is 53.7. The Morgan fingerprint density at radius 3 is 0.971 bits per heavy atom. The third kappa shape index (κ3) is 46.2. The summed E-state index contributed by atoms with van der Waals surface area (Å²) in [6.07, 6.45) is 53.9. The molecule has 2 unspecified atom stereocenters. The molecule has 0 aromatic heterocycles. The highest BCUT2D eigenvalue weighted by molar-refractivity contribution is 5.76. The van der Waals surface area contributed by atoms with Gasteiger partial charge in [-0.25, -0.2) is 0 Å². The number of amides is 1. The van der Waals surface area contributed by atoms with Crippen molar-refractivity contribution in [2.24, 2.45) is 11.8 Å². The van der Waals surface area contributed by atoms with Crippen LogP contribution in [0.4, 0.5) is 0 Å². The predicted molar refractivity (Wildman–Crippen MR) is 304 cm³/mol. The van der Waals surface area contributed by atoms with E-state index >= 15 is 0 Å². The zero-order valence-corrected chi connectivity index (χ0v) is 48.5. The van der Waals surface area contributed by atoms with E-state index in [2.05, 4.69) is 58.5 Å². The Kier molecular flexibility index (Phi) is 52.4. The largest absolute Gasteiger partial charge is 0.465 e. The highest BCUT2D eigenvalue weighted by Gasteiger charge is 2.23. The van der Waals surface area contributed by atoms with Crippen molar-refractivity contribution in [3.63, 3.8) is 0 Å². The molecule has 0 aromatic carbocycles. The molecule has 0 bridgehead atoms. The van der Waals surface area contributed by atoms with Gasteiger partial charge in [0.05, 0.1) is 13.2 Å². The van der Waals surface area contributed by atoms with Crippen LogP contribution in [0.3, 0.4) is 0 Å². The van der Waals surface area contributed by atoms with Crippen LogP contribution in [0.1, 0.15) is 330 Å². The van der Waals surface area contributed by atoms with Gasteiger partial charge in [0.1, 0.15) is 0 Å². The molecule has 0 aromatic rings. The number of ether oxygens (including phenoxy) is 2. The van der Waals surface area contributed by atoms with Crippen molar-refractivity contribution >= 4 is 17.8 Å². The Morgan fingerprint density at radius 1 is 0.329 bits per heavy atom. The molecule has 0 heterocycles. The van der Waals surface area contributed by atoms with E-state index in [0.717, 1.165) is 96.6 Å². The lowest BCUT2D eigenvalue weighted by molar-refractivity contribution is -0.146. The summed E-state index contributed by atoms with van der Waals surface area (Å²) in [7, 11) is 4.27. The van der Waals surface area contributed by atoms with Crippen LogP contribution in [0.2, 0.25) is 0 Å². The van der Waals surface area contributed by atoms with Crippen LogP contribution in [0.5, 0.6) is 0 Å². The lowest BCUT2D eigenvalue weighted by atomic mass is 9.95. The van der Waals surface area contributed by atoms with Crippen molar-refractivity contribution < 1.29 is 23.9 Å². The predicted octanol–water partition coefficient (Wildman–Crippen LogP) is 19.1. The molecular weight excluding hydrogens is 865 g/mol. The molecule has 0 saturated carbocycles. The Balaban J connectivity index is 4.93. The van der Waals surface area contributed by atoms with E-state index in [1.54, 1.807) is 0 Å². The first kappa shape index (κ1) is 68.4. The van der Waals surface area contributed by atoms with Crippen molar-refractivity contribution in [1.29, 1.82) is 0 Å². The van der Waals surface area contributed by atoms with E-state index in [-0.39, 0.29) is 11.9 Å². The summed E-state index contributed by atoms with van der Waals surface area (Å²) in [4.78, 5) is 44.0. The highest BCUT2D eigenvalue weighted by atomic mass is 16.5. The molecular formula is C63H124N2O5.